The van der Waals surface area contributed by atoms with Gasteiger partial charge in [0.1, 0.15) is 16.9 Å². The number of nitrogens with zero attached hydrogens (tertiary/aromatic N) is 4. The Balaban J connectivity index is 1.13. The van der Waals surface area contributed by atoms with Gasteiger partial charge in [-0.2, -0.15) is 0 Å². The molecule has 40 heavy (non-hydrogen) atoms. The molecule has 2 amide bonds. The SMILES string of the molecule is O=C(NCc1nc2ccccc2o1)c1cc2c(-c3cncc(-c4ccc(N5CCCC5=O)cc4)c3)ccnc2[nH]1. The van der Waals surface area contributed by atoms with Crippen LogP contribution in [0.5, 0.6) is 0 Å². The van der Waals surface area contributed by atoms with Gasteiger partial charge in [0, 0.05) is 53.8 Å². The summed E-state index contributed by atoms with van der Waals surface area (Å²) in [5.74, 6) is 0.325. The summed E-state index contributed by atoms with van der Waals surface area (Å²) in [5, 5.41) is 3.68. The largest absolute Gasteiger partial charge is 0.439 e. The zero-order valence-corrected chi connectivity index (χ0v) is 21.4. The number of anilines is 1. The number of hydrogen-bond donors (Lipinski definition) is 2. The molecule has 0 saturated carbocycles. The summed E-state index contributed by atoms with van der Waals surface area (Å²) in [4.78, 5) is 43.3. The van der Waals surface area contributed by atoms with Crippen molar-refractivity contribution in [2.24, 2.45) is 0 Å². The standard InChI is InChI=1S/C31H24N6O3/c38-29-6-3-13-37(29)22-9-7-19(8-10-22)20-14-21(17-32-16-20)23-11-12-33-30-24(23)15-26(36-30)31(39)34-18-28-35-25-4-1-2-5-27(25)40-28/h1-2,4-5,7-12,14-17H,3,6,13,18H2,(H,33,36)(H,34,39). The van der Waals surface area contributed by atoms with E-state index in [9.17, 15) is 9.59 Å². The van der Waals surface area contributed by atoms with E-state index in [1.54, 1.807) is 18.5 Å². The van der Waals surface area contributed by atoms with Gasteiger partial charge in [0.2, 0.25) is 11.8 Å². The van der Waals surface area contributed by atoms with Crippen LogP contribution in [0.4, 0.5) is 5.69 Å². The molecule has 0 aliphatic carbocycles. The van der Waals surface area contributed by atoms with E-state index < -0.39 is 0 Å². The Morgan fingerprint density at radius 2 is 1.85 bits per heavy atom. The van der Waals surface area contributed by atoms with Crippen LogP contribution >= 0.6 is 0 Å². The Morgan fingerprint density at radius 3 is 2.67 bits per heavy atom. The normalized spacial score (nSPS) is 13.4. The molecule has 1 aliphatic rings. The highest BCUT2D eigenvalue weighted by Crippen LogP contribution is 2.32. The summed E-state index contributed by atoms with van der Waals surface area (Å²) in [6, 6.07) is 21.2. The van der Waals surface area contributed by atoms with Crippen LogP contribution in [-0.2, 0) is 11.3 Å². The van der Waals surface area contributed by atoms with Crippen molar-refractivity contribution in [1.82, 2.24) is 25.3 Å². The monoisotopic (exact) mass is 528 g/mol. The third kappa shape index (κ3) is 4.37. The Labute approximate surface area is 228 Å². The van der Waals surface area contributed by atoms with Gasteiger partial charge in [-0.3, -0.25) is 14.6 Å². The van der Waals surface area contributed by atoms with Crippen molar-refractivity contribution >= 4 is 39.6 Å². The van der Waals surface area contributed by atoms with Gasteiger partial charge in [0.25, 0.3) is 5.91 Å². The lowest BCUT2D eigenvalue weighted by Crippen LogP contribution is -2.23. The van der Waals surface area contributed by atoms with E-state index in [0.29, 0.717) is 29.2 Å². The molecule has 0 radical (unpaired) electrons. The van der Waals surface area contributed by atoms with Crippen molar-refractivity contribution in [3.05, 3.63) is 96.9 Å². The summed E-state index contributed by atoms with van der Waals surface area (Å²) >= 11 is 0. The molecular formula is C31H24N6O3. The second-order valence-corrected chi connectivity index (χ2v) is 9.72. The van der Waals surface area contributed by atoms with Crippen LogP contribution in [0.1, 0.15) is 29.2 Å². The Morgan fingerprint density at radius 1 is 1.00 bits per heavy atom. The van der Waals surface area contributed by atoms with Crippen LogP contribution in [0.3, 0.4) is 0 Å². The van der Waals surface area contributed by atoms with Gasteiger partial charge in [-0.15, -0.1) is 0 Å². The van der Waals surface area contributed by atoms with E-state index in [1.165, 1.54) is 0 Å². The number of carbonyl (C=O) groups is 2. The molecule has 1 saturated heterocycles. The number of fused-ring (bicyclic) bond motifs is 2. The van der Waals surface area contributed by atoms with E-state index >= 15 is 0 Å². The number of oxazole rings is 1. The number of aromatic amines is 1. The fourth-order valence-electron chi connectivity index (χ4n) is 5.15. The molecule has 9 nitrogen and oxygen atoms in total. The zero-order chi connectivity index (χ0) is 27.1. The van der Waals surface area contributed by atoms with Gasteiger partial charge in [-0.1, -0.05) is 24.3 Å². The summed E-state index contributed by atoms with van der Waals surface area (Å²) in [6.45, 7) is 0.931. The van der Waals surface area contributed by atoms with Crippen LogP contribution in [-0.4, -0.2) is 38.3 Å². The molecule has 9 heteroatoms. The lowest BCUT2D eigenvalue weighted by Gasteiger charge is -2.16. The van der Waals surface area contributed by atoms with Crippen LogP contribution < -0.4 is 10.2 Å². The molecule has 4 aromatic heterocycles. The van der Waals surface area contributed by atoms with Gasteiger partial charge in [-0.25, -0.2) is 9.97 Å². The van der Waals surface area contributed by atoms with Gasteiger partial charge in [-0.05, 0) is 60.0 Å². The first-order chi connectivity index (χ1) is 19.6. The topological polar surface area (TPSA) is 117 Å². The van der Waals surface area contributed by atoms with E-state index in [0.717, 1.165) is 51.8 Å². The molecule has 0 atom stereocenters. The van der Waals surface area contributed by atoms with E-state index in [1.807, 2.05) is 65.7 Å². The van der Waals surface area contributed by atoms with E-state index in [-0.39, 0.29) is 18.4 Å². The number of rotatable bonds is 6. The summed E-state index contributed by atoms with van der Waals surface area (Å²) in [6.07, 6.45) is 6.83. The van der Waals surface area contributed by atoms with Crippen LogP contribution in [0.25, 0.3) is 44.4 Å². The number of H-pyrrole nitrogens is 1. The molecule has 6 aromatic rings. The molecule has 0 spiro atoms. The number of nitrogens with one attached hydrogen (secondary N) is 2. The number of aromatic nitrogens is 4. The predicted molar refractivity (Wildman–Crippen MR) is 152 cm³/mol. The minimum absolute atomic E-state index is 0.167. The molecule has 196 valence electrons. The zero-order valence-electron chi connectivity index (χ0n) is 21.4. The molecule has 2 aromatic carbocycles. The van der Waals surface area contributed by atoms with Crippen molar-refractivity contribution in [3.8, 4) is 22.3 Å². The van der Waals surface area contributed by atoms with Crippen molar-refractivity contribution in [1.29, 1.82) is 0 Å². The number of para-hydroxylation sites is 2. The predicted octanol–water partition coefficient (Wildman–Crippen LogP) is 5.49. The second-order valence-electron chi connectivity index (χ2n) is 9.72. The third-order valence-corrected chi connectivity index (χ3v) is 7.15. The summed E-state index contributed by atoms with van der Waals surface area (Å²) < 4.78 is 5.70. The van der Waals surface area contributed by atoms with Crippen LogP contribution in [0.15, 0.2) is 89.7 Å². The molecule has 0 bridgehead atoms. The van der Waals surface area contributed by atoms with Gasteiger partial charge < -0.3 is 19.6 Å². The molecule has 7 rings (SSSR count). The minimum Gasteiger partial charge on any atom is -0.439 e. The first-order valence-electron chi connectivity index (χ1n) is 13.1. The summed E-state index contributed by atoms with van der Waals surface area (Å²) in [5.41, 5.74) is 7.11. The van der Waals surface area contributed by atoms with E-state index in [4.69, 9.17) is 4.42 Å². The highest BCUT2D eigenvalue weighted by molar-refractivity contribution is 6.02. The lowest BCUT2D eigenvalue weighted by atomic mass is 10.0. The average Bonchev–Trinajstić information content (AvgIpc) is 3.73. The fraction of sp³-hybridized carbons (Fsp3) is 0.129. The number of carbonyl (C=O) groups excluding carboxylic acids is 2. The van der Waals surface area contributed by atoms with Crippen molar-refractivity contribution in [2.45, 2.75) is 19.4 Å². The van der Waals surface area contributed by atoms with Crippen molar-refractivity contribution in [3.63, 3.8) is 0 Å². The summed E-state index contributed by atoms with van der Waals surface area (Å²) in [7, 11) is 0. The lowest BCUT2D eigenvalue weighted by molar-refractivity contribution is -0.117. The molecule has 0 unspecified atom stereocenters. The van der Waals surface area contributed by atoms with Crippen LogP contribution in [0.2, 0.25) is 0 Å². The van der Waals surface area contributed by atoms with Gasteiger partial charge in [0.05, 0.1) is 6.54 Å². The number of hydrogen-bond acceptors (Lipinski definition) is 6. The first-order valence-corrected chi connectivity index (χ1v) is 13.1. The maximum Gasteiger partial charge on any atom is 0.268 e. The Kier molecular flexibility index (Phi) is 5.81. The maximum atomic E-state index is 13.0. The van der Waals surface area contributed by atoms with E-state index in [2.05, 4.69) is 31.3 Å². The third-order valence-electron chi connectivity index (χ3n) is 7.15. The smallest absolute Gasteiger partial charge is 0.268 e. The molecular weight excluding hydrogens is 504 g/mol. The maximum absolute atomic E-state index is 13.0. The highest BCUT2D eigenvalue weighted by atomic mass is 16.3. The Hall–Kier alpha value is -5.31. The molecule has 2 N–H and O–H groups in total. The first kappa shape index (κ1) is 23.8. The Bertz CT molecular complexity index is 1860. The van der Waals surface area contributed by atoms with Gasteiger partial charge in [0.15, 0.2) is 5.58 Å². The van der Waals surface area contributed by atoms with Gasteiger partial charge >= 0.3 is 0 Å². The average molecular weight is 529 g/mol. The molecule has 1 aliphatic heterocycles. The molecule has 5 heterocycles. The number of pyridine rings is 2. The number of benzene rings is 2. The highest BCUT2D eigenvalue weighted by Gasteiger charge is 2.21. The quantitative estimate of drug-likeness (QED) is 0.295. The second kappa shape index (κ2) is 9.77. The fourth-order valence-corrected chi connectivity index (χ4v) is 5.15. The number of amides is 2. The van der Waals surface area contributed by atoms with Crippen molar-refractivity contribution < 1.29 is 14.0 Å². The van der Waals surface area contributed by atoms with Crippen LogP contribution in [0, 0.1) is 0 Å². The molecule has 1 fully saturated rings. The minimum atomic E-state index is -0.283. The van der Waals surface area contributed by atoms with Crippen molar-refractivity contribution in [2.75, 3.05) is 11.4 Å².